The molecule has 2 aromatic rings. The number of carbonyl (C=O) groups is 2. The van der Waals surface area contributed by atoms with Crippen molar-refractivity contribution in [1.29, 1.82) is 0 Å². The minimum Gasteiger partial charge on any atom is -0.436 e. The van der Waals surface area contributed by atoms with Crippen LogP contribution in [0.25, 0.3) is 0 Å². The standard InChI is InChI=1S/C21H21N3O5/c25-18(23-10-7-21(8-11-23)27-12-13-28-21)14-24-16-5-1-2-6-17(16)29-19-15(20(24)26)4-3-9-22-19/h1-6,9H,7-8,10-14H2. The van der Waals surface area contributed by atoms with E-state index in [0.717, 1.165) is 0 Å². The van der Waals surface area contributed by atoms with Crippen LogP contribution in [-0.2, 0) is 14.3 Å². The van der Waals surface area contributed by atoms with Crippen molar-refractivity contribution in [2.75, 3.05) is 37.7 Å². The van der Waals surface area contributed by atoms with Gasteiger partial charge in [0, 0.05) is 32.1 Å². The van der Waals surface area contributed by atoms with Crippen molar-refractivity contribution in [3.05, 3.63) is 48.2 Å². The van der Waals surface area contributed by atoms with E-state index >= 15 is 0 Å². The first kappa shape index (κ1) is 18.1. The molecule has 8 heteroatoms. The predicted molar refractivity (Wildman–Crippen MR) is 103 cm³/mol. The molecule has 150 valence electrons. The van der Waals surface area contributed by atoms with Gasteiger partial charge in [0.25, 0.3) is 5.91 Å². The van der Waals surface area contributed by atoms with E-state index in [1.54, 1.807) is 35.4 Å². The van der Waals surface area contributed by atoms with Gasteiger partial charge in [-0.2, -0.15) is 0 Å². The Kier molecular flexibility index (Phi) is 4.44. The summed E-state index contributed by atoms with van der Waals surface area (Å²) in [7, 11) is 0. The largest absolute Gasteiger partial charge is 0.436 e. The van der Waals surface area contributed by atoms with Gasteiger partial charge >= 0.3 is 0 Å². The van der Waals surface area contributed by atoms with Crippen molar-refractivity contribution in [2.45, 2.75) is 18.6 Å². The van der Waals surface area contributed by atoms with Crippen molar-refractivity contribution in [1.82, 2.24) is 9.88 Å². The van der Waals surface area contributed by atoms with Gasteiger partial charge in [0.2, 0.25) is 11.8 Å². The van der Waals surface area contributed by atoms with Gasteiger partial charge in [-0.25, -0.2) is 4.98 Å². The van der Waals surface area contributed by atoms with Crippen molar-refractivity contribution in [3.63, 3.8) is 0 Å². The molecule has 29 heavy (non-hydrogen) atoms. The molecular weight excluding hydrogens is 374 g/mol. The van der Waals surface area contributed by atoms with Crippen molar-refractivity contribution in [2.24, 2.45) is 0 Å². The molecule has 1 aromatic carbocycles. The Morgan fingerprint density at radius 2 is 1.83 bits per heavy atom. The first-order chi connectivity index (χ1) is 14.2. The van der Waals surface area contributed by atoms with Gasteiger partial charge in [0.05, 0.1) is 18.9 Å². The maximum absolute atomic E-state index is 13.2. The summed E-state index contributed by atoms with van der Waals surface area (Å²) in [5, 5.41) is 0. The van der Waals surface area contributed by atoms with Crippen LogP contribution < -0.4 is 9.64 Å². The Morgan fingerprint density at radius 3 is 2.62 bits per heavy atom. The lowest BCUT2D eigenvalue weighted by molar-refractivity contribution is -0.187. The smallest absolute Gasteiger partial charge is 0.264 e. The van der Waals surface area contributed by atoms with Crippen LogP contribution in [-0.4, -0.2) is 60.3 Å². The predicted octanol–water partition coefficient (Wildman–Crippen LogP) is 2.20. The molecule has 5 rings (SSSR count). The number of para-hydroxylation sites is 2. The quantitative estimate of drug-likeness (QED) is 0.776. The highest BCUT2D eigenvalue weighted by molar-refractivity contribution is 6.11. The van der Waals surface area contributed by atoms with Crippen molar-refractivity contribution in [3.8, 4) is 11.6 Å². The van der Waals surface area contributed by atoms with Crippen molar-refractivity contribution >= 4 is 17.5 Å². The molecule has 4 heterocycles. The molecule has 0 atom stereocenters. The molecule has 8 nitrogen and oxygen atoms in total. The second-order valence-corrected chi connectivity index (χ2v) is 7.31. The first-order valence-electron chi connectivity index (χ1n) is 9.75. The SMILES string of the molecule is O=C(CN1C(=O)c2cccnc2Oc2ccccc21)N1CCC2(CC1)OCCO2. The zero-order valence-electron chi connectivity index (χ0n) is 15.9. The second kappa shape index (κ2) is 7.13. The van der Waals surface area contributed by atoms with E-state index in [4.69, 9.17) is 14.2 Å². The molecule has 0 radical (unpaired) electrons. The average Bonchev–Trinajstić information content (AvgIpc) is 3.16. The number of likely N-dealkylation sites (tertiary alicyclic amines) is 1. The van der Waals surface area contributed by atoms with E-state index in [9.17, 15) is 9.59 Å². The molecule has 2 fully saturated rings. The van der Waals surface area contributed by atoms with E-state index < -0.39 is 5.79 Å². The molecule has 0 N–H and O–H groups in total. The zero-order valence-corrected chi connectivity index (χ0v) is 15.9. The van der Waals surface area contributed by atoms with Gasteiger partial charge in [0.1, 0.15) is 12.1 Å². The number of rotatable bonds is 2. The summed E-state index contributed by atoms with van der Waals surface area (Å²) < 4.78 is 17.3. The highest BCUT2D eigenvalue weighted by Crippen LogP contribution is 2.38. The number of ether oxygens (including phenoxy) is 3. The van der Waals surface area contributed by atoms with Crippen LogP contribution >= 0.6 is 0 Å². The van der Waals surface area contributed by atoms with Gasteiger partial charge in [-0.3, -0.25) is 14.5 Å². The van der Waals surface area contributed by atoms with E-state index in [1.807, 2.05) is 12.1 Å². The van der Waals surface area contributed by atoms with Crippen LogP contribution in [0.1, 0.15) is 23.2 Å². The molecule has 3 aliphatic heterocycles. The second-order valence-electron chi connectivity index (χ2n) is 7.31. The van der Waals surface area contributed by atoms with Gasteiger partial charge in [0.15, 0.2) is 11.5 Å². The fourth-order valence-electron chi connectivity index (χ4n) is 4.04. The third kappa shape index (κ3) is 3.24. The summed E-state index contributed by atoms with van der Waals surface area (Å²) >= 11 is 0. The monoisotopic (exact) mass is 395 g/mol. The number of hydrogen-bond donors (Lipinski definition) is 0. The van der Waals surface area contributed by atoms with Gasteiger partial charge in [-0.1, -0.05) is 12.1 Å². The van der Waals surface area contributed by atoms with Gasteiger partial charge in [-0.05, 0) is 24.3 Å². The molecule has 0 bridgehead atoms. The number of fused-ring (bicyclic) bond motifs is 2. The minimum atomic E-state index is -0.541. The normalized spacial score (nSPS) is 20.1. The van der Waals surface area contributed by atoms with Crippen molar-refractivity contribution < 1.29 is 23.8 Å². The van der Waals surface area contributed by atoms with Crippen LogP contribution in [0.4, 0.5) is 5.69 Å². The first-order valence-corrected chi connectivity index (χ1v) is 9.75. The lowest BCUT2D eigenvalue weighted by Gasteiger charge is -2.38. The number of hydrogen-bond acceptors (Lipinski definition) is 6. The molecular formula is C21H21N3O5. The van der Waals surface area contributed by atoms with Crippen LogP contribution in [0.3, 0.4) is 0 Å². The van der Waals surface area contributed by atoms with Crippen LogP contribution in [0.15, 0.2) is 42.6 Å². The van der Waals surface area contributed by atoms with E-state index in [0.29, 0.717) is 56.1 Å². The zero-order chi connectivity index (χ0) is 19.8. The van der Waals surface area contributed by atoms with Gasteiger partial charge in [-0.15, -0.1) is 0 Å². The highest BCUT2D eigenvalue weighted by atomic mass is 16.7. The summed E-state index contributed by atoms with van der Waals surface area (Å²) in [6, 6.07) is 10.5. The molecule has 2 saturated heterocycles. The summed E-state index contributed by atoms with van der Waals surface area (Å²) in [4.78, 5) is 33.7. The number of amides is 2. The fraction of sp³-hybridized carbons (Fsp3) is 0.381. The van der Waals surface area contributed by atoms with Crippen LogP contribution in [0, 0.1) is 0 Å². The Hall–Kier alpha value is -2.97. The average molecular weight is 395 g/mol. The Bertz CT molecular complexity index is 947. The maximum Gasteiger partial charge on any atom is 0.264 e. The molecule has 2 amide bonds. The third-order valence-electron chi connectivity index (χ3n) is 5.59. The summed E-state index contributed by atoms with van der Waals surface area (Å²) in [5.74, 6) is -0.220. The number of aromatic nitrogens is 1. The van der Waals surface area contributed by atoms with Crippen LogP contribution in [0.2, 0.25) is 0 Å². The van der Waals surface area contributed by atoms with E-state index in [2.05, 4.69) is 4.98 Å². The summed E-state index contributed by atoms with van der Waals surface area (Å²) in [6.45, 7) is 2.21. The highest BCUT2D eigenvalue weighted by Gasteiger charge is 2.41. The van der Waals surface area contributed by atoms with E-state index in [-0.39, 0.29) is 24.2 Å². The number of nitrogens with zero attached hydrogens (tertiary/aromatic N) is 3. The van der Waals surface area contributed by atoms with Crippen LogP contribution in [0.5, 0.6) is 11.6 Å². The summed E-state index contributed by atoms with van der Waals surface area (Å²) in [5.41, 5.74) is 0.890. The van der Waals surface area contributed by atoms with E-state index in [1.165, 1.54) is 4.90 Å². The van der Waals surface area contributed by atoms with Gasteiger partial charge < -0.3 is 19.1 Å². The molecule has 1 aromatic heterocycles. The molecule has 1 spiro atoms. The minimum absolute atomic E-state index is 0.0672. The Morgan fingerprint density at radius 1 is 1.07 bits per heavy atom. The maximum atomic E-state index is 13.2. The third-order valence-corrected chi connectivity index (χ3v) is 5.59. The fourth-order valence-corrected chi connectivity index (χ4v) is 4.04. The number of carbonyl (C=O) groups excluding carboxylic acids is 2. The molecule has 0 aliphatic carbocycles. The molecule has 3 aliphatic rings. The number of pyridine rings is 1. The Balaban J connectivity index is 1.38. The number of benzene rings is 1. The molecule has 0 saturated carbocycles. The lowest BCUT2D eigenvalue weighted by Crippen LogP contribution is -2.50. The Labute approximate surface area is 168 Å². The topological polar surface area (TPSA) is 81.2 Å². The number of piperidine rings is 1. The lowest BCUT2D eigenvalue weighted by atomic mass is 10.0. The summed E-state index contributed by atoms with van der Waals surface area (Å²) in [6.07, 6.45) is 2.85. The molecule has 0 unspecified atom stereocenters. The number of anilines is 1.